The molecule has 0 aromatic heterocycles. The molecule has 0 aliphatic carbocycles. The molecule has 0 atom stereocenters. The van der Waals surface area contributed by atoms with E-state index in [-0.39, 0.29) is 17.9 Å². The van der Waals surface area contributed by atoms with Gasteiger partial charge in [-0.05, 0) is 40.8 Å². The van der Waals surface area contributed by atoms with Crippen LogP contribution in [0.5, 0.6) is 23.0 Å². The lowest BCUT2D eigenvalue weighted by molar-refractivity contribution is -0.123. The first-order chi connectivity index (χ1) is 13.3. The van der Waals surface area contributed by atoms with Gasteiger partial charge in [-0.15, -0.1) is 0 Å². The maximum atomic E-state index is 12.1. The fourth-order valence-corrected chi connectivity index (χ4v) is 2.69. The highest BCUT2D eigenvalue weighted by atomic mass is 16.5. The molecule has 2 aromatic rings. The number of carbonyl (C=O) groups excluding carboxylic acids is 1. The van der Waals surface area contributed by atoms with Gasteiger partial charge in [0, 0.05) is 6.54 Å². The topological polar surface area (TPSA) is 66.0 Å². The predicted molar refractivity (Wildman–Crippen MR) is 109 cm³/mol. The van der Waals surface area contributed by atoms with E-state index in [0.717, 1.165) is 5.56 Å². The Morgan fingerprint density at radius 3 is 1.96 bits per heavy atom. The molecule has 2 aromatic carbocycles. The zero-order valence-corrected chi connectivity index (χ0v) is 17.4. The van der Waals surface area contributed by atoms with Gasteiger partial charge >= 0.3 is 0 Å². The van der Waals surface area contributed by atoms with Crippen LogP contribution in [0.25, 0.3) is 0 Å². The summed E-state index contributed by atoms with van der Waals surface area (Å²) in [6, 6.07) is 11.4. The fraction of sp³-hybridized carbons (Fsp3) is 0.409. The van der Waals surface area contributed by atoms with Gasteiger partial charge in [0.1, 0.15) is 5.75 Å². The summed E-state index contributed by atoms with van der Waals surface area (Å²) in [7, 11) is 4.66. The minimum Gasteiger partial charge on any atom is -0.493 e. The first-order valence-electron chi connectivity index (χ1n) is 9.07. The molecule has 0 spiro atoms. The van der Waals surface area contributed by atoms with Crippen molar-refractivity contribution < 1.29 is 23.7 Å². The van der Waals surface area contributed by atoms with Crippen LogP contribution >= 0.6 is 0 Å². The maximum absolute atomic E-state index is 12.1. The average molecular weight is 387 g/mol. The van der Waals surface area contributed by atoms with Crippen LogP contribution in [0, 0.1) is 0 Å². The second-order valence-electron chi connectivity index (χ2n) is 7.37. The molecule has 2 rings (SSSR count). The molecule has 0 aliphatic heterocycles. The zero-order valence-electron chi connectivity index (χ0n) is 17.4. The quantitative estimate of drug-likeness (QED) is 0.748. The van der Waals surface area contributed by atoms with E-state index < -0.39 is 0 Å². The number of hydrogen-bond acceptors (Lipinski definition) is 5. The number of methoxy groups -OCH3 is 3. The van der Waals surface area contributed by atoms with Crippen molar-refractivity contribution in [3.05, 3.63) is 47.5 Å². The second-order valence-corrected chi connectivity index (χ2v) is 7.37. The molecule has 0 bridgehead atoms. The van der Waals surface area contributed by atoms with Crippen LogP contribution in [-0.4, -0.2) is 33.8 Å². The number of nitrogens with one attached hydrogen (secondary N) is 1. The average Bonchev–Trinajstić information content (AvgIpc) is 2.69. The van der Waals surface area contributed by atoms with Gasteiger partial charge in [0.15, 0.2) is 18.1 Å². The standard InChI is InChI=1S/C22H29NO5/c1-22(2,3)16-7-9-17(10-8-16)28-14-20(24)23-13-15-11-18(25-4)21(27-6)19(12-15)26-5/h7-12H,13-14H2,1-6H3,(H,23,24). The molecule has 1 amide bonds. The summed E-state index contributed by atoms with van der Waals surface area (Å²) < 4.78 is 21.5. The molecule has 6 heteroatoms. The lowest BCUT2D eigenvalue weighted by Gasteiger charge is -2.19. The molecule has 1 N–H and O–H groups in total. The Kier molecular flexibility index (Phi) is 7.15. The largest absolute Gasteiger partial charge is 0.493 e. The highest BCUT2D eigenvalue weighted by Gasteiger charge is 2.15. The van der Waals surface area contributed by atoms with Crippen LogP contribution in [0.15, 0.2) is 36.4 Å². The number of amides is 1. The summed E-state index contributed by atoms with van der Waals surface area (Å²) in [5, 5.41) is 2.83. The van der Waals surface area contributed by atoms with Crippen LogP contribution < -0.4 is 24.3 Å². The highest BCUT2D eigenvalue weighted by Crippen LogP contribution is 2.38. The van der Waals surface area contributed by atoms with Crippen molar-refractivity contribution in [1.29, 1.82) is 0 Å². The molecule has 28 heavy (non-hydrogen) atoms. The molecule has 0 aliphatic rings. The highest BCUT2D eigenvalue weighted by molar-refractivity contribution is 5.77. The van der Waals surface area contributed by atoms with Gasteiger partial charge in [0.05, 0.1) is 21.3 Å². The smallest absolute Gasteiger partial charge is 0.258 e. The Balaban J connectivity index is 1.92. The van der Waals surface area contributed by atoms with Crippen molar-refractivity contribution in [3.63, 3.8) is 0 Å². The third kappa shape index (κ3) is 5.55. The van der Waals surface area contributed by atoms with Gasteiger partial charge in [-0.1, -0.05) is 32.9 Å². The molecule has 0 heterocycles. The third-order valence-corrected chi connectivity index (χ3v) is 4.30. The van der Waals surface area contributed by atoms with Crippen molar-refractivity contribution in [2.45, 2.75) is 32.7 Å². The van der Waals surface area contributed by atoms with Crippen LogP contribution in [0.4, 0.5) is 0 Å². The van der Waals surface area contributed by atoms with Crippen LogP contribution in [-0.2, 0) is 16.8 Å². The van der Waals surface area contributed by atoms with Crippen molar-refractivity contribution in [3.8, 4) is 23.0 Å². The first kappa shape index (κ1) is 21.4. The maximum Gasteiger partial charge on any atom is 0.258 e. The van der Waals surface area contributed by atoms with E-state index in [1.165, 1.54) is 5.56 Å². The Hall–Kier alpha value is -2.89. The molecule has 0 saturated carbocycles. The molecule has 0 radical (unpaired) electrons. The molecule has 0 unspecified atom stereocenters. The van der Waals surface area contributed by atoms with Crippen molar-refractivity contribution in [1.82, 2.24) is 5.32 Å². The molecular weight excluding hydrogens is 358 g/mol. The van der Waals surface area contributed by atoms with E-state index in [0.29, 0.717) is 29.5 Å². The summed E-state index contributed by atoms with van der Waals surface area (Å²) in [6.45, 7) is 6.72. The van der Waals surface area contributed by atoms with Gasteiger partial charge < -0.3 is 24.3 Å². The molecule has 6 nitrogen and oxygen atoms in total. The molecule has 0 fully saturated rings. The predicted octanol–water partition coefficient (Wildman–Crippen LogP) is 3.71. The van der Waals surface area contributed by atoms with E-state index in [1.807, 2.05) is 24.3 Å². The number of benzene rings is 2. The number of ether oxygens (including phenoxy) is 4. The summed E-state index contributed by atoms with van der Waals surface area (Å²) in [5.41, 5.74) is 2.13. The van der Waals surface area contributed by atoms with Crippen LogP contribution in [0.3, 0.4) is 0 Å². The van der Waals surface area contributed by atoms with Gasteiger partial charge in [-0.25, -0.2) is 0 Å². The van der Waals surface area contributed by atoms with Gasteiger partial charge in [-0.2, -0.15) is 0 Å². The lowest BCUT2D eigenvalue weighted by Crippen LogP contribution is -2.28. The third-order valence-electron chi connectivity index (χ3n) is 4.30. The van der Waals surface area contributed by atoms with E-state index in [1.54, 1.807) is 33.5 Å². The fourth-order valence-electron chi connectivity index (χ4n) is 2.69. The SMILES string of the molecule is COc1cc(CNC(=O)COc2ccc(C(C)(C)C)cc2)cc(OC)c1OC. The Morgan fingerprint density at radius 1 is 0.929 bits per heavy atom. The Morgan fingerprint density at radius 2 is 1.50 bits per heavy atom. The molecule has 0 saturated heterocycles. The first-order valence-corrected chi connectivity index (χ1v) is 9.07. The number of rotatable bonds is 8. The summed E-state index contributed by atoms with van der Waals surface area (Å²) in [6.07, 6.45) is 0. The monoisotopic (exact) mass is 387 g/mol. The van der Waals surface area contributed by atoms with Gasteiger partial charge in [-0.3, -0.25) is 4.79 Å². The van der Waals surface area contributed by atoms with E-state index in [9.17, 15) is 4.79 Å². The molecule has 152 valence electrons. The Bertz CT molecular complexity index is 769. The van der Waals surface area contributed by atoms with E-state index in [4.69, 9.17) is 18.9 Å². The van der Waals surface area contributed by atoms with E-state index >= 15 is 0 Å². The van der Waals surface area contributed by atoms with Crippen molar-refractivity contribution in [2.75, 3.05) is 27.9 Å². The lowest BCUT2D eigenvalue weighted by atomic mass is 9.87. The number of hydrogen-bond donors (Lipinski definition) is 1. The van der Waals surface area contributed by atoms with Crippen molar-refractivity contribution in [2.24, 2.45) is 0 Å². The second kappa shape index (κ2) is 9.35. The minimum absolute atomic E-state index is 0.0563. The summed E-state index contributed by atoms with van der Waals surface area (Å²) in [4.78, 5) is 12.1. The zero-order chi connectivity index (χ0) is 20.7. The van der Waals surface area contributed by atoms with Gasteiger partial charge in [0.2, 0.25) is 5.75 Å². The van der Waals surface area contributed by atoms with E-state index in [2.05, 4.69) is 26.1 Å². The summed E-state index contributed by atoms with van der Waals surface area (Å²) in [5.74, 6) is 2.05. The molecular formula is C22H29NO5. The normalized spacial score (nSPS) is 10.9. The van der Waals surface area contributed by atoms with Gasteiger partial charge in [0.25, 0.3) is 5.91 Å². The van der Waals surface area contributed by atoms with Crippen LogP contribution in [0.2, 0.25) is 0 Å². The van der Waals surface area contributed by atoms with Crippen LogP contribution in [0.1, 0.15) is 31.9 Å². The van der Waals surface area contributed by atoms with Crippen molar-refractivity contribution >= 4 is 5.91 Å². The number of carbonyl (C=O) groups is 1. The Labute approximate surface area is 166 Å². The minimum atomic E-state index is -0.214. The summed E-state index contributed by atoms with van der Waals surface area (Å²) >= 11 is 0.